The van der Waals surface area contributed by atoms with E-state index in [0.717, 1.165) is 44.1 Å². The molecule has 0 bridgehead atoms. The standard InChI is InChI=1S/C24H29N3O2/c1-3-17(2)27-23(29)19-12-6-5-11-18(19)21(24(27)14-8-4-9-15-24)22(28)26-20-13-7-10-16-25-20/h5-7,10-13,16-17,21H,3-4,8-9,14-15H2,1-2H3,(H,25,26,28)/t17-,21+/m0/s1. The van der Waals surface area contributed by atoms with Crippen molar-refractivity contribution in [1.82, 2.24) is 9.88 Å². The van der Waals surface area contributed by atoms with Crippen LogP contribution in [0.2, 0.25) is 0 Å². The van der Waals surface area contributed by atoms with E-state index in [0.29, 0.717) is 11.4 Å². The van der Waals surface area contributed by atoms with Gasteiger partial charge in [0.2, 0.25) is 5.91 Å². The van der Waals surface area contributed by atoms with Gasteiger partial charge in [-0.05, 0) is 49.9 Å². The Balaban J connectivity index is 1.85. The van der Waals surface area contributed by atoms with Crippen LogP contribution in [-0.4, -0.2) is 33.3 Å². The maximum absolute atomic E-state index is 13.7. The lowest BCUT2D eigenvalue weighted by atomic mass is 9.64. The predicted molar refractivity (Wildman–Crippen MR) is 114 cm³/mol. The molecule has 152 valence electrons. The van der Waals surface area contributed by atoms with E-state index < -0.39 is 11.5 Å². The van der Waals surface area contributed by atoms with Crippen molar-refractivity contribution in [2.24, 2.45) is 0 Å². The summed E-state index contributed by atoms with van der Waals surface area (Å²) >= 11 is 0. The molecule has 1 aromatic carbocycles. The molecule has 5 heteroatoms. The minimum atomic E-state index is -0.474. The molecule has 5 nitrogen and oxygen atoms in total. The first-order valence-electron chi connectivity index (χ1n) is 10.7. The van der Waals surface area contributed by atoms with Crippen molar-refractivity contribution in [3.8, 4) is 0 Å². The van der Waals surface area contributed by atoms with Crippen LogP contribution in [0.15, 0.2) is 48.7 Å². The number of fused-ring (bicyclic) bond motifs is 1. The number of carbonyl (C=O) groups is 2. The molecule has 29 heavy (non-hydrogen) atoms. The van der Waals surface area contributed by atoms with Gasteiger partial charge in [-0.1, -0.05) is 50.5 Å². The molecule has 0 unspecified atom stereocenters. The lowest BCUT2D eigenvalue weighted by Crippen LogP contribution is -2.64. The Hall–Kier alpha value is -2.69. The summed E-state index contributed by atoms with van der Waals surface area (Å²) in [4.78, 5) is 33.6. The molecule has 1 spiro atoms. The van der Waals surface area contributed by atoms with E-state index in [2.05, 4.69) is 29.0 Å². The molecular weight excluding hydrogens is 362 g/mol. The minimum Gasteiger partial charge on any atom is -0.329 e. The maximum Gasteiger partial charge on any atom is 0.254 e. The number of nitrogens with zero attached hydrogens (tertiary/aromatic N) is 2. The van der Waals surface area contributed by atoms with Gasteiger partial charge < -0.3 is 10.2 Å². The molecular formula is C24H29N3O2. The highest BCUT2D eigenvalue weighted by Gasteiger charge is 2.55. The lowest BCUT2D eigenvalue weighted by Gasteiger charge is -2.55. The third kappa shape index (κ3) is 3.33. The number of pyridine rings is 1. The first-order valence-corrected chi connectivity index (χ1v) is 10.7. The van der Waals surface area contributed by atoms with Crippen LogP contribution in [0.4, 0.5) is 5.82 Å². The van der Waals surface area contributed by atoms with E-state index in [1.54, 1.807) is 12.3 Å². The van der Waals surface area contributed by atoms with Crippen molar-refractivity contribution in [2.45, 2.75) is 69.9 Å². The van der Waals surface area contributed by atoms with Crippen molar-refractivity contribution >= 4 is 17.6 Å². The summed E-state index contributed by atoms with van der Waals surface area (Å²) in [5.41, 5.74) is 1.04. The number of hydrogen-bond acceptors (Lipinski definition) is 3. The lowest BCUT2D eigenvalue weighted by molar-refractivity contribution is -0.122. The first-order chi connectivity index (χ1) is 14.1. The van der Waals surface area contributed by atoms with Gasteiger partial charge in [0.1, 0.15) is 5.82 Å². The molecule has 1 aliphatic carbocycles. The summed E-state index contributed by atoms with van der Waals surface area (Å²) in [6.45, 7) is 4.22. The van der Waals surface area contributed by atoms with E-state index in [1.165, 1.54) is 0 Å². The molecule has 1 aromatic heterocycles. The molecule has 2 aromatic rings. The molecule has 2 amide bonds. The smallest absolute Gasteiger partial charge is 0.254 e. The highest BCUT2D eigenvalue weighted by Crippen LogP contribution is 2.50. The molecule has 1 N–H and O–H groups in total. The van der Waals surface area contributed by atoms with E-state index in [1.807, 2.05) is 36.4 Å². The molecule has 2 heterocycles. The summed E-state index contributed by atoms with van der Waals surface area (Å²) in [6.07, 6.45) is 7.49. The Morgan fingerprint density at radius 1 is 1.17 bits per heavy atom. The number of amides is 2. The highest BCUT2D eigenvalue weighted by molar-refractivity contribution is 6.05. The van der Waals surface area contributed by atoms with Gasteiger partial charge in [-0.25, -0.2) is 4.98 Å². The number of anilines is 1. The number of rotatable bonds is 4. The van der Waals surface area contributed by atoms with Gasteiger partial charge >= 0.3 is 0 Å². The van der Waals surface area contributed by atoms with Crippen molar-refractivity contribution in [3.05, 3.63) is 59.8 Å². The molecule has 1 saturated carbocycles. The van der Waals surface area contributed by atoms with Gasteiger partial charge in [0, 0.05) is 17.8 Å². The molecule has 1 aliphatic heterocycles. The number of carbonyl (C=O) groups excluding carboxylic acids is 2. The number of benzene rings is 1. The van der Waals surface area contributed by atoms with Gasteiger partial charge in [0.05, 0.1) is 11.5 Å². The Labute approximate surface area is 172 Å². The largest absolute Gasteiger partial charge is 0.329 e. The van der Waals surface area contributed by atoms with E-state index in [-0.39, 0.29) is 17.9 Å². The van der Waals surface area contributed by atoms with Crippen LogP contribution in [-0.2, 0) is 4.79 Å². The summed E-state index contributed by atoms with van der Waals surface area (Å²) in [6, 6.07) is 13.2. The topological polar surface area (TPSA) is 62.3 Å². The summed E-state index contributed by atoms with van der Waals surface area (Å²) < 4.78 is 0. The summed E-state index contributed by atoms with van der Waals surface area (Å²) in [7, 11) is 0. The van der Waals surface area contributed by atoms with Gasteiger partial charge in [-0.2, -0.15) is 0 Å². The van der Waals surface area contributed by atoms with Gasteiger partial charge in [-0.3, -0.25) is 9.59 Å². The minimum absolute atomic E-state index is 0.0683. The monoisotopic (exact) mass is 391 g/mol. The summed E-state index contributed by atoms with van der Waals surface area (Å²) in [5, 5.41) is 3.03. The van der Waals surface area contributed by atoms with Crippen LogP contribution in [0, 0.1) is 0 Å². The van der Waals surface area contributed by atoms with Gasteiger partial charge in [0.15, 0.2) is 0 Å². The normalized spacial score (nSPS) is 21.5. The van der Waals surface area contributed by atoms with Crippen LogP contribution in [0.3, 0.4) is 0 Å². The highest BCUT2D eigenvalue weighted by atomic mass is 16.2. The summed E-state index contributed by atoms with van der Waals surface area (Å²) in [5.74, 6) is 0.151. The zero-order valence-corrected chi connectivity index (χ0v) is 17.2. The second-order valence-corrected chi connectivity index (χ2v) is 8.32. The van der Waals surface area contributed by atoms with Crippen LogP contribution in [0.25, 0.3) is 0 Å². The predicted octanol–water partition coefficient (Wildman–Crippen LogP) is 4.76. The third-order valence-electron chi connectivity index (χ3n) is 6.67. The van der Waals surface area contributed by atoms with Crippen LogP contribution < -0.4 is 5.32 Å². The fourth-order valence-electron chi connectivity index (χ4n) is 5.24. The molecule has 0 saturated heterocycles. The quantitative estimate of drug-likeness (QED) is 0.817. The molecule has 1 fully saturated rings. The van der Waals surface area contributed by atoms with E-state index in [9.17, 15) is 9.59 Å². The van der Waals surface area contributed by atoms with Crippen molar-refractivity contribution in [3.63, 3.8) is 0 Å². The fraction of sp³-hybridized carbons (Fsp3) is 0.458. The molecule has 2 aliphatic rings. The number of aromatic nitrogens is 1. The van der Waals surface area contributed by atoms with E-state index >= 15 is 0 Å². The fourth-order valence-corrected chi connectivity index (χ4v) is 5.24. The van der Waals surface area contributed by atoms with Crippen molar-refractivity contribution in [1.29, 1.82) is 0 Å². The SMILES string of the molecule is CC[C@H](C)N1C(=O)c2ccccc2[C@H](C(=O)Nc2ccccn2)C12CCCCC2. The van der Waals surface area contributed by atoms with Crippen molar-refractivity contribution < 1.29 is 9.59 Å². The number of hydrogen-bond donors (Lipinski definition) is 1. The average molecular weight is 392 g/mol. The Morgan fingerprint density at radius 2 is 1.90 bits per heavy atom. The maximum atomic E-state index is 13.7. The second kappa shape index (κ2) is 7.97. The Bertz CT molecular complexity index is 890. The van der Waals surface area contributed by atoms with Gasteiger partial charge in [-0.15, -0.1) is 0 Å². The third-order valence-corrected chi connectivity index (χ3v) is 6.67. The van der Waals surface area contributed by atoms with Crippen LogP contribution in [0.1, 0.15) is 74.2 Å². The second-order valence-electron chi connectivity index (χ2n) is 8.32. The zero-order chi connectivity index (χ0) is 20.4. The van der Waals surface area contributed by atoms with Crippen LogP contribution >= 0.6 is 0 Å². The van der Waals surface area contributed by atoms with Gasteiger partial charge in [0.25, 0.3) is 5.91 Å². The molecule has 4 rings (SSSR count). The zero-order valence-electron chi connectivity index (χ0n) is 17.2. The first kappa shape index (κ1) is 19.6. The Kier molecular flexibility index (Phi) is 5.39. The number of nitrogens with one attached hydrogen (secondary N) is 1. The van der Waals surface area contributed by atoms with E-state index in [4.69, 9.17) is 0 Å². The van der Waals surface area contributed by atoms with Crippen LogP contribution in [0.5, 0.6) is 0 Å². The van der Waals surface area contributed by atoms with Crippen molar-refractivity contribution in [2.75, 3.05) is 5.32 Å². The average Bonchev–Trinajstić information content (AvgIpc) is 2.75. The molecule has 2 atom stereocenters. The Morgan fingerprint density at radius 3 is 2.59 bits per heavy atom. The molecule has 0 radical (unpaired) electrons.